The molecule has 3 nitrogen and oxygen atoms in total. The predicted molar refractivity (Wildman–Crippen MR) is 84.9 cm³/mol. The van der Waals surface area contributed by atoms with Gasteiger partial charge in [0.25, 0.3) is 0 Å². The summed E-state index contributed by atoms with van der Waals surface area (Å²) >= 11 is 3.51. The average molecular weight is 335 g/mol. The fraction of sp³-hybridized carbons (Fsp3) is 0.312. The second-order valence-corrected chi connectivity index (χ2v) is 6.08. The fourth-order valence-electron chi connectivity index (χ4n) is 2.08. The van der Waals surface area contributed by atoms with E-state index in [-0.39, 0.29) is 12.1 Å². The third kappa shape index (κ3) is 3.81. The Hall–Kier alpha value is -1.39. The number of benzene rings is 1. The van der Waals surface area contributed by atoms with Gasteiger partial charge in [0.15, 0.2) is 0 Å². The summed E-state index contributed by atoms with van der Waals surface area (Å²) in [6.07, 6.45) is 3.62. The van der Waals surface area contributed by atoms with Crippen molar-refractivity contribution in [2.75, 3.05) is 0 Å². The molecule has 0 saturated carbocycles. The van der Waals surface area contributed by atoms with E-state index >= 15 is 0 Å². The molecule has 1 atom stereocenters. The molecule has 20 heavy (non-hydrogen) atoms. The number of nitrogens with two attached hydrogens (primary N) is 1. The lowest BCUT2D eigenvalue weighted by atomic mass is 9.99. The van der Waals surface area contributed by atoms with Gasteiger partial charge >= 0.3 is 0 Å². The van der Waals surface area contributed by atoms with E-state index in [4.69, 9.17) is 10.5 Å². The largest absolute Gasteiger partial charge is 0.489 e. The lowest BCUT2D eigenvalue weighted by Gasteiger charge is -2.16. The van der Waals surface area contributed by atoms with E-state index in [0.717, 1.165) is 21.3 Å². The molecule has 1 aromatic carbocycles. The summed E-state index contributed by atoms with van der Waals surface area (Å²) in [6.45, 7) is 6.03. The zero-order valence-corrected chi connectivity index (χ0v) is 13.5. The Bertz CT molecular complexity index is 579. The van der Waals surface area contributed by atoms with Crippen molar-refractivity contribution >= 4 is 15.9 Å². The highest BCUT2D eigenvalue weighted by Gasteiger charge is 2.12. The summed E-state index contributed by atoms with van der Waals surface area (Å²) < 4.78 is 6.69. The van der Waals surface area contributed by atoms with E-state index in [2.05, 4.69) is 40.0 Å². The van der Waals surface area contributed by atoms with Gasteiger partial charge in [-0.15, -0.1) is 0 Å². The Kier molecular flexibility index (Phi) is 4.78. The van der Waals surface area contributed by atoms with Gasteiger partial charge in [-0.3, -0.25) is 4.98 Å². The molecule has 0 aliphatic rings. The van der Waals surface area contributed by atoms with Gasteiger partial charge in [0.05, 0.1) is 18.3 Å². The minimum absolute atomic E-state index is 0.122. The number of aromatic nitrogens is 1. The van der Waals surface area contributed by atoms with Crippen molar-refractivity contribution in [1.82, 2.24) is 4.98 Å². The maximum Gasteiger partial charge on any atom is 0.138 e. The molecule has 0 aliphatic heterocycles. The first-order chi connectivity index (χ1) is 9.45. The van der Waals surface area contributed by atoms with Crippen LogP contribution < -0.4 is 10.5 Å². The van der Waals surface area contributed by atoms with Crippen LogP contribution in [0.1, 0.15) is 36.6 Å². The molecular weight excluding hydrogens is 316 g/mol. The molecule has 106 valence electrons. The average Bonchev–Trinajstić information content (AvgIpc) is 2.36. The number of aryl methyl sites for hydroxylation is 1. The van der Waals surface area contributed by atoms with Crippen molar-refractivity contribution < 1.29 is 4.74 Å². The smallest absolute Gasteiger partial charge is 0.138 e. The molecule has 2 aromatic rings. The molecule has 1 unspecified atom stereocenters. The quantitative estimate of drug-likeness (QED) is 0.919. The SMILES string of the molecule is Cc1cc(Br)cc(C(N)c2cncc(OC(C)C)c2)c1. The minimum Gasteiger partial charge on any atom is -0.489 e. The summed E-state index contributed by atoms with van der Waals surface area (Å²) in [5.41, 5.74) is 9.51. The van der Waals surface area contributed by atoms with Crippen LogP contribution in [0.25, 0.3) is 0 Å². The first kappa shape index (κ1) is 15.0. The number of hydrogen-bond acceptors (Lipinski definition) is 3. The second kappa shape index (κ2) is 6.37. The standard InChI is InChI=1S/C16H19BrN2O/c1-10(2)20-15-7-13(8-19-9-15)16(18)12-4-11(3)5-14(17)6-12/h4-10,16H,18H2,1-3H3. The van der Waals surface area contributed by atoms with Crippen LogP contribution in [0, 0.1) is 6.92 Å². The Labute approximate surface area is 128 Å². The highest BCUT2D eigenvalue weighted by atomic mass is 79.9. The first-order valence-corrected chi connectivity index (χ1v) is 7.39. The second-order valence-electron chi connectivity index (χ2n) is 5.16. The third-order valence-corrected chi connectivity index (χ3v) is 3.35. The van der Waals surface area contributed by atoms with Crippen molar-refractivity contribution in [2.24, 2.45) is 5.73 Å². The zero-order chi connectivity index (χ0) is 14.7. The summed E-state index contributed by atoms with van der Waals surface area (Å²) in [7, 11) is 0. The van der Waals surface area contributed by atoms with Crippen molar-refractivity contribution in [2.45, 2.75) is 32.9 Å². The maximum atomic E-state index is 6.34. The van der Waals surface area contributed by atoms with Crippen molar-refractivity contribution in [3.63, 3.8) is 0 Å². The lowest BCUT2D eigenvalue weighted by molar-refractivity contribution is 0.241. The van der Waals surface area contributed by atoms with Gasteiger partial charge in [0.2, 0.25) is 0 Å². The molecule has 2 rings (SSSR count). The van der Waals surface area contributed by atoms with Crippen LogP contribution in [0.15, 0.2) is 41.1 Å². The monoisotopic (exact) mass is 334 g/mol. The molecule has 2 N–H and O–H groups in total. The number of ether oxygens (including phenoxy) is 1. The molecule has 1 aromatic heterocycles. The number of rotatable bonds is 4. The minimum atomic E-state index is -0.214. The molecule has 0 saturated heterocycles. The van der Waals surface area contributed by atoms with Gasteiger partial charge in [-0.25, -0.2) is 0 Å². The molecule has 1 heterocycles. The number of halogens is 1. The van der Waals surface area contributed by atoms with E-state index in [9.17, 15) is 0 Å². The lowest BCUT2D eigenvalue weighted by Crippen LogP contribution is -2.13. The summed E-state index contributed by atoms with van der Waals surface area (Å²) in [6, 6.07) is 7.93. The van der Waals surface area contributed by atoms with E-state index in [1.165, 1.54) is 5.56 Å². The molecule has 0 fully saturated rings. The third-order valence-electron chi connectivity index (χ3n) is 2.89. The molecular formula is C16H19BrN2O. The number of hydrogen-bond donors (Lipinski definition) is 1. The zero-order valence-electron chi connectivity index (χ0n) is 11.9. The van der Waals surface area contributed by atoms with Crippen LogP contribution in [0.5, 0.6) is 5.75 Å². The topological polar surface area (TPSA) is 48.1 Å². The molecule has 0 bridgehead atoms. The van der Waals surface area contributed by atoms with Crippen molar-refractivity contribution in [3.8, 4) is 5.75 Å². The van der Waals surface area contributed by atoms with E-state index in [0.29, 0.717) is 0 Å². The molecule has 0 aliphatic carbocycles. The van der Waals surface area contributed by atoms with E-state index in [1.54, 1.807) is 12.4 Å². The Balaban J connectivity index is 2.30. The Morgan fingerprint density at radius 3 is 2.50 bits per heavy atom. The van der Waals surface area contributed by atoms with Crippen LogP contribution in [-0.2, 0) is 0 Å². The maximum absolute atomic E-state index is 6.34. The Morgan fingerprint density at radius 1 is 1.10 bits per heavy atom. The summed E-state index contributed by atoms with van der Waals surface area (Å²) in [5, 5.41) is 0. The molecule has 4 heteroatoms. The molecule has 0 amide bonds. The number of nitrogens with zero attached hydrogens (tertiary/aromatic N) is 1. The highest BCUT2D eigenvalue weighted by molar-refractivity contribution is 9.10. The first-order valence-electron chi connectivity index (χ1n) is 6.60. The van der Waals surface area contributed by atoms with Crippen LogP contribution in [0.3, 0.4) is 0 Å². The van der Waals surface area contributed by atoms with Crippen LogP contribution in [-0.4, -0.2) is 11.1 Å². The van der Waals surface area contributed by atoms with Crippen molar-refractivity contribution in [1.29, 1.82) is 0 Å². The van der Waals surface area contributed by atoms with Gasteiger partial charge < -0.3 is 10.5 Å². The summed E-state index contributed by atoms with van der Waals surface area (Å²) in [4.78, 5) is 4.21. The fourth-order valence-corrected chi connectivity index (χ4v) is 2.70. The molecule has 0 radical (unpaired) electrons. The van der Waals surface area contributed by atoms with Crippen LogP contribution >= 0.6 is 15.9 Å². The van der Waals surface area contributed by atoms with Gasteiger partial charge in [0.1, 0.15) is 5.75 Å². The van der Waals surface area contributed by atoms with Crippen LogP contribution in [0.4, 0.5) is 0 Å². The van der Waals surface area contributed by atoms with Gasteiger partial charge in [-0.1, -0.05) is 22.0 Å². The van der Waals surface area contributed by atoms with Crippen molar-refractivity contribution in [3.05, 3.63) is 57.8 Å². The highest BCUT2D eigenvalue weighted by Crippen LogP contribution is 2.26. The number of pyridine rings is 1. The summed E-state index contributed by atoms with van der Waals surface area (Å²) in [5.74, 6) is 0.750. The van der Waals surface area contributed by atoms with Gasteiger partial charge in [0, 0.05) is 10.7 Å². The normalized spacial score (nSPS) is 12.5. The van der Waals surface area contributed by atoms with E-state index in [1.807, 2.05) is 26.0 Å². The Morgan fingerprint density at radius 2 is 1.85 bits per heavy atom. The van der Waals surface area contributed by atoms with Gasteiger partial charge in [-0.2, -0.15) is 0 Å². The van der Waals surface area contributed by atoms with Gasteiger partial charge in [-0.05, 0) is 55.7 Å². The van der Waals surface area contributed by atoms with Crippen LogP contribution in [0.2, 0.25) is 0 Å². The molecule has 0 spiro atoms. The van der Waals surface area contributed by atoms with E-state index < -0.39 is 0 Å². The predicted octanol–water partition coefficient (Wildman–Crippen LogP) is 3.99.